The van der Waals surface area contributed by atoms with E-state index in [9.17, 15) is 4.79 Å². The third-order valence-electron chi connectivity index (χ3n) is 3.77. The minimum atomic E-state index is -0.00695. The van der Waals surface area contributed by atoms with E-state index in [1.165, 1.54) is 6.42 Å². The van der Waals surface area contributed by atoms with Gasteiger partial charge in [0.2, 0.25) is 5.91 Å². The molecule has 0 aromatic carbocycles. The van der Waals surface area contributed by atoms with Crippen LogP contribution in [0.3, 0.4) is 0 Å². The molecule has 0 saturated carbocycles. The molecule has 86 valence electrons. The summed E-state index contributed by atoms with van der Waals surface area (Å²) in [5, 5.41) is 0. The molecule has 2 saturated heterocycles. The molecule has 1 amide bonds. The highest BCUT2D eigenvalue weighted by molar-refractivity contribution is 5.82. The Morgan fingerprint density at radius 2 is 1.93 bits per heavy atom. The summed E-state index contributed by atoms with van der Waals surface area (Å²) >= 11 is 0. The number of hydrogen-bond acceptors (Lipinski definition) is 2. The lowest BCUT2D eigenvalue weighted by molar-refractivity contribution is -0.135. The second kappa shape index (κ2) is 3.48. The molecule has 2 rings (SSSR count). The first-order valence-electron chi connectivity index (χ1n) is 5.89. The standard InChI is InChI=1S/C12H22N2O/c1-12(2,3)14-7-9-5-6-13(4)8-10(9)11(14)15/h9-10H,5-8H2,1-4H3. The van der Waals surface area contributed by atoms with E-state index in [1.54, 1.807) is 0 Å². The molecule has 2 aliphatic rings. The minimum absolute atomic E-state index is 0.00695. The first-order chi connectivity index (χ1) is 6.89. The Morgan fingerprint density at radius 1 is 1.27 bits per heavy atom. The number of fused-ring (bicyclic) bond motifs is 1. The fourth-order valence-corrected chi connectivity index (χ4v) is 2.79. The van der Waals surface area contributed by atoms with Gasteiger partial charge in [0.25, 0.3) is 0 Å². The topological polar surface area (TPSA) is 23.6 Å². The molecule has 0 N–H and O–H groups in total. The highest BCUT2D eigenvalue weighted by atomic mass is 16.2. The van der Waals surface area contributed by atoms with Gasteiger partial charge in [0.15, 0.2) is 0 Å². The summed E-state index contributed by atoms with van der Waals surface area (Å²) in [7, 11) is 2.11. The molecule has 2 heterocycles. The highest BCUT2D eigenvalue weighted by Gasteiger charge is 2.45. The van der Waals surface area contributed by atoms with Crippen molar-refractivity contribution in [2.45, 2.75) is 32.7 Å². The third-order valence-corrected chi connectivity index (χ3v) is 3.77. The maximum absolute atomic E-state index is 12.2. The molecule has 2 fully saturated rings. The second-order valence-electron chi connectivity index (χ2n) is 6.04. The third kappa shape index (κ3) is 1.89. The van der Waals surface area contributed by atoms with Crippen LogP contribution in [0.4, 0.5) is 0 Å². The quantitative estimate of drug-likeness (QED) is 0.600. The van der Waals surface area contributed by atoms with Crippen LogP contribution in [-0.2, 0) is 4.79 Å². The Morgan fingerprint density at radius 3 is 2.53 bits per heavy atom. The lowest BCUT2D eigenvalue weighted by Crippen LogP contribution is -2.44. The van der Waals surface area contributed by atoms with Crippen molar-refractivity contribution in [1.82, 2.24) is 9.80 Å². The summed E-state index contributed by atoms with van der Waals surface area (Å²) < 4.78 is 0. The van der Waals surface area contributed by atoms with Crippen LogP contribution in [-0.4, -0.2) is 47.9 Å². The number of carbonyl (C=O) groups excluding carboxylic acids is 1. The van der Waals surface area contributed by atoms with E-state index >= 15 is 0 Å². The molecular weight excluding hydrogens is 188 g/mol. The Kier molecular flexibility index (Phi) is 2.53. The van der Waals surface area contributed by atoms with Gasteiger partial charge in [-0.1, -0.05) is 0 Å². The van der Waals surface area contributed by atoms with Crippen molar-refractivity contribution in [2.75, 3.05) is 26.7 Å². The molecule has 0 radical (unpaired) electrons. The minimum Gasteiger partial charge on any atom is -0.337 e. The SMILES string of the molecule is CN1CCC2CN(C(C)(C)C)C(=O)C2C1. The summed E-state index contributed by atoms with van der Waals surface area (Å²) in [6.45, 7) is 9.47. The van der Waals surface area contributed by atoms with Crippen molar-refractivity contribution >= 4 is 5.91 Å². The van der Waals surface area contributed by atoms with E-state index in [1.807, 2.05) is 0 Å². The summed E-state index contributed by atoms with van der Waals surface area (Å²) in [4.78, 5) is 16.6. The van der Waals surface area contributed by atoms with Gasteiger partial charge in [-0.05, 0) is 46.7 Å². The normalized spacial score (nSPS) is 33.3. The zero-order chi connectivity index (χ0) is 11.2. The lowest BCUT2D eigenvalue weighted by atomic mass is 9.89. The van der Waals surface area contributed by atoms with E-state index in [0.29, 0.717) is 11.8 Å². The van der Waals surface area contributed by atoms with Crippen LogP contribution in [0, 0.1) is 11.8 Å². The summed E-state index contributed by atoms with van der Waals surface area (Å²) in [5.41, 5.74) is -0.00695. The van der Waals surface area contributed by atoms with Crippen molar-refractivity contribution in [1.29, 1.82) is 0 Å². The molecule has 0 aliphatic carbocycles. The van der Waals surface area contributed by atoms with Gasteiger partial charge >= 0.3 is 0 Å². The molecule has 15 heavy (non-hydrogen) atoms. The summed E-state index contributed by atoms with van der Waals surface area (Å²) in [6.07, 6.45) is 1.18. The number of rotatable bonds is 0. The molecule has 0 aromatic rings. The van der Waals surface area contributed by atoms with Crippen molar-refractivity contribution in [2.24, 2.45) is 11.8 Å². The van der Waals surface area contributed by atoms with Crippen molar-refractivity contribution in [3.05, 3.63) is 0 Å². The molecule has 0 aromatic heterocycles. The van der Waals surface area contributed by atoms with Crippen molar-refractivity contribution in [3.63, 3.8) is 0 Å². The maximum Gasteiger partial charge on any atom is 0.227 e. The maximum atomic E-state index is 12.2. The molecule has 0 spiro atoms. The summed E-state index contributed by atoms with van der Waals surface area (Å²) in [5.74, 6) is 1.25. The Labute approximate surface area is 92.4 Å². The van der Waals surface area contributed by atoms with Crippen LogP contribution in [0.15, 0.2) is 0 Å². The van der Waals surface area contributed by atoms with Crippen molar-refractivity contribution < 1.29 is 4.79 Å². The molecular formula is C12H22N2O. The van der Waals surface area contributed by atoms with Crippen molar-refractivity contribution in [3.8, 4) is 0 Å². The lowest BCUT2D eigenvalue weighted by Gasteiger charge is -2.32. The van der Waals surface area contributed by atoms with Crippen LogP contribution in [0.25, 0.3) is 0 Å². The first-order valence-corrected chi connectivity index (χ1v) is 5.89. The van der Waals surface area contributed by atoms with Gasteiger partial charge in [-0.25, -0.2) is 0 Å². The first kappa shape index (κ1) is 10.9. The average Bonchev–Trinajstić information content (AvgIpc) is 2.43. The number of likely N-dealkylation sites (tertiary alicyclic amines) is 2. The van der Waals surface area contributed by atoms with Gasteiger partial charge < -0.3 is 9.80 Å². The predicted molar refractivity (Wildman–Crippen MR) is 60.6 cm³/mol. The van der Waals surface area contributed by atoms with Gasteiger partial charge in [-0.3, -0.25) is 4.79 Å². The smallest absolute Gasteiger partial charge is 0.227 e. The Bertz CT molecular complexity index is 269. The molecule has 2 atom stereocenters. The summed E-state index contributed by atoms with van der Waals surface area (Å²) in [6, 6.07) is 0. The zero-order valence-corrected chi connectivity index (χ0v) is 10.3. The number of carbonyl (C=O) groups is 1. The average molecular weight is 210 g/mol. The second-order valence-corrected chi connectivity index (χ2v) is 6.04. The molecule has 3 nitrogen and oxygen atoms in total. The number of piperidine rings is 1. The van der Waals surface area contributed by atoms with Gasteiger partial charge in [0.05, 0.1) is 5.92 Å². The van der Waals surface area contributed by atoms with E-state index in [2.05, 4.69) is 37.6 Å². The molecule has 2 aliphatic heterocycles. The highest BCUT2D eigenvalue weighted by Crippen LogP contribution is 2.35. The number of nitrogens with zero attached hydrogens (tertiary/aromatic N) is 2. The fourth-order valence-electron chi connectivity index (χ4n) is 2.79. The Hall–Kier alpha value is -0.570. The van der Waals surface area contributed by atoms with E-state index < -0.39 is 0 Å². The van der Waals surface area contributed by atoms with Gasteiger partial charge in [-0.2, -0.15) is 0 Å². The molecule has 3 heteroatoms. The number of hydrogen-bond donors (Lipinski definition) is 0. The van der Waals surface area contributed by atoms with E-state index in [0.717, 1.165) is 19.6 Å². The van der Waals surface area contributed by atoms with Gasteiger partial charge in [-0.15, -0.1) is 0 Å². The predicted octanol–water partition coefficient (Wildman–Crippen LogP) is 1.19. The van der Waals surface area contributed by atoms with Crippen LogP contribution in [0.1, 0.15) is 27.2 Å². The van der Waals surface area contributed by atoms with E-state index in [4.69, 9.17) is 0 Å². The van der Waals surface area contributed by atoms with Gasteiger partial charge in [0, 0.05) is 18.6 Å². The van der Waals surface area contributed by atoms with Crippen LogP contribution >= 0.6 is 0 Å². The zero-order valence-electron chi connectivity index (χ0n) is 10.3. The number of amides is 1. The largest absolute Gasteiger partial charge is 0.337 e. The molecule has 2 unspecified atom stereocenters. The van der Waals surface area contributed by atoms with Gasteiger partial charge in [0.1, 0.15) is 0 Å². The Balaban J connectivity index is 2.14. The molecule has 0 bridgehead atoms. The van der Waals surface area contributed by atoms with E-state index in [-0.39, 0.29) is 11.5 Å². The monoisotopic (exact) mass is 210 g/mol. The van der Waals surface area contributed by atoms with Crippen LogP contribution in [0.5, 0.6) is 0 Å². The fraction of sp³-hybridized carbons (Fsp3) is 0.917. The van der Waals surface area contributed by atoms with Crippen LogP contribution < -0.4 is 0 Å². The van der Waals surface area contributed by atoms with Crippen LogP contribution in [0.2, 0.25) is 0 Å².